The average Bonchev–Trinajstić information content (AvgIpc) is 2.92. The van der Waals surface area contributed by atoms with Crippen molar-refractivity contribution in [3.05, 3.63) is 18.3 Å². The number of likely N-dealkylation sites (tertiary alicyclic amines) is 1. The summed E-state index contributed by atoms with van der Waals surface area (Å²) in [7, 11) is -3.72. The van der Waals surface area contributed by atoms with Gasteiger partial charge in [0, 0.05) is 32.3 Å². The highest BCUT2D eigenvalue weighted by Gasteiger charge is 2.20. The molecular formula is C12H18N4O3S. The van der Waals surface area contributed by atoms with Crippen LogP contribution in [0.25, 0.3) is 0 Å². The second-order valence-corrected chi connectivity index (χ2v) is 6.36. The van der Waals surface area contributed by atoms with Gasteiger partial charge < -0.3 is 10.6 Å². The number of aromatic nitrogens is 1. The van der Waals surface area contributed by atoms with Crippen molar-refractivity contribution in [1.29, 1.82) is 0 Å². The number of carbonyl (C=O) groups is 1. The van der Waals surface area contributed by atoms with E-state index in [2.05, 4.69) is 9.71 Å². The Kier molecular flexibility index (Phi) is 4.56. The monoisotopic (exact) mass is 298 g/mol. The van der Waals surface area contributed by atoms with Gasteiger partial charge in [0.05, 0.1) is 0 Å². The number of carbonyl (C=O) groups excluding carboxylic acids is 1. The molecule has 0 aromatic carbocycles. The molecule has 3 N–H and O–H groups in total. The zero-order valence-electron chi connectivity index (χ0n) is 11.1. The number of pyridine rings is 1. The van der Waals surface area contributed by atoms with Crippen LogP contribution in [0.2, 0.25) is 0 Å². The highest BCUT2D eigenvalue weighted by molar-refractivity contribution is 7.89. The standard InChI is InChI=1S/C12H18N4O3S/c13-12-10(4-3-6-14-12)20(18,19)15-7-5-11(17)16-8-1-2-9-16/h3-4,6,15H,1-2,5,7-9H2,(H2,13,14). The van der Waals surface area contributed by atoms with Crippen LogP contribution in [0.3, 0.4) is 0 Å². The van der Waals surface area contributed by atoms with Gasteiger partial charge in [0.25, 0.3) is 0 Å². The Labute approximate surface area is 118 Å². The molecule has 0 saturated carbocycles. The fourth-order valence-corrected chi connectivity index (χ4v) is 3.24. The second kappa shape index (κ2) is 6.19. The lowest BCUT2D eigenvalue weighted by molar-refractivity contribution is -0.129. The van der Waals surface area contributed by atoms with E-state index in [9.17, 15) is 13.2 Å². The summed E-state index contributed by atoms with van der Waals surface area (Å²) in [5.74, 6) is -0.0739. The van der Waals surface area contributed by atoms with Gasteiger partial charge in [-0.15, -0.1) is 0 Å². The van der Waals surface area contributed by atoms with E-state index in [4.69, 9.17) is 5.73 Å². The summed E-state index contributed by atoms with van der Waals surface area (Å²) in [5.41, 5.74) is 5.53. The van der Waals surface area contributed by atoms with Crippen LogP contribution in [-0.4, -0.2) is 43.8 Å². The molecule has 1 saturated heterocycles. The largest absolute Gasteiger partial charge is 0.383 e. The minimum absolute atomic E-state index is 0.0237. The molecule has 0 aliphatic carbocycles. The Morgan fingerprint density at radius 2 is 2.10 bits per heavy atom. The van der Waals surface area contributed by atoms with Crippen LogP contribution in [0.5, 0.6) is 0 Å². The molecule has 0 radical (unpaired) electrons. The number of rotatable bonds is 5. The molecule has 8 heteroatoms. The van der Waals surface area contributed by atoms with E-state index in [0.717, 1.165) is 25.9 Å². The predicted molar refractivity (Wildman–Crippen MR) is 74.3 cm³/mol. The number of amides is 1. The Morgan fingerprint density at radius 3 is 2.75 bits per heavy atom. The summed E-state index contributed by atoms with van der Waals surface area (Å²) in [6.45, 7) is 1.59. The summed E-state index contributed by atoms with van der Waals surface area (Å²) < 4.78 is 26.4. The molecule has 0 bridgehead atoms. The molecule has 0 spiro atoms. The first-order valence-electron chi connectivity index (χ1n) is 6.48. The van der Waals surface area contributed by atoms with Gasteiger partial charge >= 0.3 is 0 Å². The van der Waals surface area contributed by atoms with Crippen LogP contribution < -0.4 is 10.5 Å². The Hall–Kier alpha value is -1.67. The third-order valence-electron chi connectivity index (χ3n) is 3.18. The van der Waals surface area contributed by atoms with E-state index in [-0.39, 0.29) is 29.6 Å². The van der Waals surface area contributed by atoms with Gasteiger partial charge in [-0.3, -0.25) is 4.79 Å². The highest BCUT2D eigenvalue weighted by atomic mass is 32.2. The number of nitrogens with one attached hydrogen (secondary N) is 1. The van der Waals surface area contributed by atoms with E-state index in [0.29, 0.717) is 0 Å². The molecule has 1 aromatic rings. The molecule has 0 atom stereocenters. The number of sulfonamides is 1. The number of nitrogens with zero attached hydrogens (tertiary/aromatic N) is 2. The van der Waals surface area contributed by atoms with Crippen molar-refractivity contribution in [2.24, 2.45) is 0 Å². The molecule has 110 valence electrons. The van der Waals surface area contributed by atoms with Crippen molar-refractivity contribution in [2.45, 2.75) is 24.2 Å². The fourth-order valence-electron chi connectivity index (χ4n) is 2.12. The quantitative estimate of drug-likeness (QED) is 0.793. The molecule has 1 aliphatic rings. The number of hydrogen-bond acceptors (Lipinski definition) is 5. The lowest BCUT2D eigenvalue weighted by Gasteiger charge is -2.15. The first-order valence-corrected chi connectivity index (χ1v) is 7.97. The van der Waals surface area contributed by atoms with E-state index in [1.807, 2.05) is 0 Å². The Morgan fingerprint density at radius 1 is 1.40 bits per heavy atom. The molecular weight excluding hydrogens is 280 g/mol. The molecule has 1 fully saturated rings. The second-order valence-electron chi connectivity index (χ2n) is 4.62. The summed E-state index contributed by atoms with van der Waals surface area (Å²) >= 11 is 0. The summed E-state index contributed by atoms with van der Waals surface area (Å²) in [5, 5.41) is 0. The zero-order valence-corrected chi connectivity index (χ0v) is 11.9. The minimum Gasteiger partial charge on any atom is -0.383 e. The van der Waals surface area contributed by atoms with Crippen LogP contribution in [0.1, 0.15) is 19.3 Å². The fraction of sp³-hybridized carbons (Fsp3) is 0.500. The molecule has 1 aliphatic heterocycles. The maximum absolute atomic E-state index is 12.0. The number of anilines is 1. The molecule has 2 rings (SSSR count). The SMILES string of the molecule is Nc1ncccc1S(=O)(=O)NCCC(=O)N1CCCC1. The van der Waals surface area contributed by atoms with Crippen LogP contribution in [0.15, 0.2) is 23.2 Å². The zero-order chi connectivity index (χ0) is 14.6. The van der Waals surface area contributed by atoms with E-state index < -0.39 is 10.0 Å². The predicted octanol–water partition coefficient (Wildman–Crippen LogP) is -0.0454. The molecule has 1 amide bonds. The smallest absolute Gasteiger partial charge is 0.244 e. The van der Waals surface area contributed by atoms with Crippen molar-refractivity contribution in [3.63, 3.8) is 0 Å². The van der Waals surface area contributed by atoms with Crippen molar-refractivity contribution in [1.82, 2.24) is 14.6 Å². The highest BCUT2D eigenvalue weighted by Crippen LogP contribution is 2.14. The topological polar surface area (TPSA) is 105 Å². The van der Waals surface area contributed by atoms with Crippen LogP contribution >= 0.6 is 0 Å². The first kappa shape index (κ1) is 14.7. The lowest BCUT2D eigenvalue weighted by Crippen LogP contribution is -2.33. The third kappa shape index (κ3) is 3.45. The van der Waals surface area contributed by atoms with E-state index >= 15 is 0 Å². The van der Waals surface area contributed by atoms with Gasteiger partial charge in [-0.2, -0.15) is 0 Å². The van der Waals surface area contributed by atoms with Gasteiger partial charge in [-0.1, -0.05) is 0 Å². The van der Waals surface area contributed by atoms with Gasteiger partial charge in [-0.05, 0) is 25.0 Å². The van der Waals surface area contributed by atoms with Gasteiger partial charge in [0.15, 0.2) is 0 Å². The average molecular weight is 298 g/mol. The minimum atomic E-state index is -3.72. The normalized spacial score (nSPS) is 15.5. The number of hydrogen-bond donors (Lipinski definition) is 2. The third-order valence-corrected chi connectivity index (χ3v) is 4.69. The number of nitrogens with two attached hydrogens (primary N) is 1. The van der Waals surface area contributed by atoms with Crippen molar-refractivity contribution in [2.75, 3.05) is 25.4 Å². The summed E-state index contributed by atoms with van der Waals surface area (Å²) in [6, 6.07) is 2.88. The lowest BCUT2D eigenvalue weighted by atomic mass is 10.4. The Bertz CT molecular complexity index is 582. The van der Waals surface area contributed by atoms with Crippen molar-refractivity contribution < 1.29 is 13.2 Å². The molecule has 2 heterocycles. The van der Waals surface area contributed by atoms with Crippen molar-refractivity contribution in [3.8, 4) is 0 Å². The van der Waals surface area contributed by atoms with E-state index in [1.165, 1.54) is 18.3 Å². The molecule has 1 aromatic heterocycles. The van der Waals surface area contributed by atoms with E-state index in [1.54, 1.807) is 4.90 Å². The maximum Gasteiger partial charge on any atom is 0.244 e. The summed E-state index contributed by atoms with van der Waals surface area (Å²) in [4.78, 5) is 17.2. The van der Waals surface area contributed by atoms with Crippen LogP contribution in [0, 0.1) is 0 Å². The Balaban J connectivity index is 1.90. The van der Waals surface area contributed by atoms with Crippen LogP contribution in [0.4, 0.5) is 5.82 Å². The molecule has 7 nitrogen and oxygen atoms in total. The maximum atomic E-state index is 12.0. The number of nitrogen functional groups attached to an aromatic ring is 1. The molecule has 0 unspecified atom stereocenters. The molecule has 20 heavy (non-hydrogen) atoms. The van der Waals surface area contributed by atoms with Gasteiger partial charge in [-0.25, -0.2) is 18.1 Å². The summed E-state index contributed by atoms with van der Waals surface area (Å²) in [6.07, 6.45) is 3.61. The van der Waals surface area contributed by atoms with Gasteiger partial charge in [0.2, 0.25) is 15.9 Å². The van der Waals surface area contributed by atoms with Gasteiger partial charge in [0.1, 0.15) is 10.7 Å². The first-order chi connectivity index (χ1) is 9.50. The van der Waals surface area contributed by atoms with Crippen molar-refractivity contribution >= 4 is 21.7 Å². The van der Waals surface area contributed by atoms with Crippen LogP contribution in [-0.2, 0) is 14.8 Å².